The van der Waals surface area contributed by atoms with Crippen molar-refractivity contribution in [2.45, 2.75) is 26.0 Å². The molecule has 0 atom stereocenters. The average molecular weight is 380 g/mol. The van der Waals surface area contributed by atoms with Gasteiger partial charge in [0, 0.05) is 25.0 Å². The van der Waals surface area contributed by atoms with E-state index in [9.17, 15) is 4.79 Å². The lowest BCUT2D eigenvalue weighted by atomic mass is 9.98. The summed E-state index contributed by atoms with van der Waals surface area (Å²) < 4.78 is 5.61. The van der Waals surface area contributed by atoms with Crippen LogP contribution in [0.5, 0.6) is 5.88 Å². The van der Waals surface area contributed by atoms with E-state index in [-0.39, 0.29) is 12.2 Å². The number of nitrogens with one attached hydrogen (secondary N) is 3. The number of aromatic nitrogens is 4. The summed E-state index contributed by atoms with van der Waals surface area (Å²) in [5.74, 6) is 1.62. The van der Waals surface area contributed by atoms with Crippen LogP contribution < -0.4 is 20.9 Å². The van der Waals surface area contributed by atoms with E-state index in [0.29, 0.717) is 35.1 Å². The number of H-pyrrole nitrogens is 1. The second-order valence-electron chi connectivity index (χ2n) is 6.95. The lowest BCUT2D eigenvalue weighted by Crippen LogP contribution is -2.33. The van der Waals surface area contributed by atoms with Gasteiger partial charge in [0.05, 0.1) is 11.1 Å². The van der Waals surface area contributed by atoms with Crippen LogP contribution >= 0.6 is 0 Å². The molecule has 0 spiro atoms. The molecular weight excluding hydrogens is 356 g/mol. The molecule has 0 radical (unpaired) electrons. The van der Waals surface area contributed by atoms with Crippen molar-refractivity contribution in [3.05, 3.63) is 58.5 Å². The predicted octanol–water partition coefficient (Wildman–Crippen LogP) is 1.38. The highest BCUT2D eigenvalue weighted by Gasteiger charge is 2.14. The van der Waals surface area contributed by atoms with Crippen LogP contribution in [0.4, 0.5) is 0 Å². The van der Waals surface area contributed by atoms with Crippen molar-refractivity contribution in [3.63, 3.8) is 0 Å². The van der Waals surface area contributed by atoms with Gasteiger partial charge in [0.15, 0.2) is 0 Å². The zero-order valence-corrected chi connectivity index (χ0v) is 15.6. The maximum atomic E-state index is 12.5. The van der Waals surface area contributed by atoms with Crippen molar-refractivity contribution in [1.82, 2.24) is 30.6 Å². The number of aromatic amines is 1. The maximum absolute atomic E-state index is 12.5. The summed E-state index contributed by atoms with van der Waals surface area (Å²) in [6, 6.07) is 7.12. The number of fused-ring (bicyclic) bond motifs is 1. The van der Waals surface area contributed by atoms with Gasteiger partial charge >= 0.3 is 0 Å². The highest BCUT2D eigenvalue weighted by molar-refractivity contribution is 5.79. The SMILES string of the molecule is O=c1[nH]c(COc2ccccn2)nc2c(CNCC3CCNCC3)nccc12. The highest BCUT2D eigenvalue weighted by Crippen LogP contribution is 2.14. The third kappa shape index (κ3) is 4.52. The van der Waals surface area contributed by atoms with E-state index in [4.69, 9.17) is 4.74 Å². The Bertz CT molecular complexity index is 969. The summed E-state index contributed by atoms with van der Waals surface area (Å²) in [7, 11) is 0. The molecule has 8 heteroatoms. The minimum atomic E-state index is -0.188. The first-order chi connectivity index (χ1) is 13.8. The van der Waals surface area contributed by atoms with E-state index in [1.165, 1.54) is 12.8 Å². The summed E-state index contributed by atoms with van der Waals surface area (Å²) in [4.78, 5) is 28.4. The topological polar surface area (TPSA) is 105 Å². The Balaban J connectivity index is 1.48. The fourth-order valence-corrected chi connectivity index (χ4v) is 3.42. The van der Waals surface area contributed by atoms with E-state index < -0.39 is 0 Å². The Hall–Kier alpha value is -2.84. The fourth-order valence-electron chi connectivity index (χ4n) is 3.42. The van der Waals surface area contributed by atoms with Gasteiger partial charge in [-0.05, 0) is 50.5 Å². The van der Waals surface area contributed by atoms with Gasteiger partial charge in [-0.1, -0.05) is 6.07 Å². The Morgan fingerprint density at radius 3 is 2.86 bits per heavy atom. The molecule has 3 N–H and O–H groups in total. The second-order valence-corrected chi connectivity index (χ2v) is 6.95. The van der Waals surface area contributed by atoms with Crippen LogP contribution in [0.25, 0.3) is 10.9 Å². The van der Waals surface area contributed by atoms with Gasteiger partial charge < -0.3 is 20.4 Å². The molecule has 4 heterocycles. The van der Waals surface area contributed by atoms with Crippen LogP contribution in [0.1, 0.15) is 24.4 Å². The van der Waals surface area contributed by atoms with Crippen molar-refractivity contribution in [1.29, 1.82) is 0 Å². The molecule has 1 aliphatic heterocycles. The Morgan fingerprint density at radius 2 is 2.04 bits per heavy atom. The van der Waals surface area contributed by atoms with Crippen LogP contribution in [-0.2, 0) is 13.2 Å². The zero-order valence-electron chi connectivity index (χ0n) is 15.6. The summed E-state index contributed by atoms with van der Waals surface area (Å²) >= 11 is 0. The summed E-state index contributed by atoms with van der Waals surface area (Å²) in [5.41, 5.74) is 1.20. The van der Waals surface area contributed by atoms with Crippen LogP contribution in [0.3, 0.4) is 0 Å². The zero-order chi connectivity index (χ0) is 19.2. The van der Waals surface area contributed by atoms with Crippen LogP contribution in [0.15, 0.2) is 41.5 Å². The number of piperidine rings is 1. The molecule has 146 valence electrons. The Morgan fingerprint density at radius 1 is 1.14 bits per heavy atom. The average Bonchev–Trinajstić information content (AvgIpc) is 2.74. The molecule has 1 aliphatic rings. The van der Waals surface area contributed by atoms with Crippen molar-refractivity contribution < 1.29 is 4.74 Å². The molecular formula is C20H24N6O2. The van der Waals surface area contributed by atoms with Crippen molar-refractivity contribution >= 4 is 10.9 Å². The van der Waals surface area contributed by atoms with Gasteiger partial charge in [0.1, 0.15) is 17.9 Å². The molecule has 4 rings (SSSR count). The van der Waals surface area contributed by atoms with Crippen LogP contribution in [-0.4, -0.2) is 39.6 Å². The molecule has 0 aliphatic carbocycles. The summed E-state index contributed by atoms with van der Waals surface area (Å²) in [5, 5.41) is 7.39. The molecule has 8 nitrogen and oxygen atoms in total. The number of pyridine rings is 2. The third-order valence-corrected chi connectivity index (χ3v) is 4.93. The predicted molar refractivity (Wildman–Crippen MR) is 106 cm³/mol. The quantitative estimate of drug-likeness (QED) is 0.569. The molecule has 0 saturated carbocycles. The number of nitrogens with zero attached hydrogens (tertiary/aromatic N) is 3. The smallest absolute Gasteiger partial charge is 0.258 e. The number of ether oxygens (including phenoxy) is 1. The first-order valence-electron chi connectivity index (χ1n) is 9.61. The molecule has 3 aromatic rings. The number of rotatable bonds is 7. The first kappa shape index (κ1) is 18.5. The summed E-state index contributed by atoms with van der Waals surface area (Å²) in [6.45, 7) is 3.82. The molecule has 0 amide bonds. The van der Waals surface area contributed by atoms with Gasteiger partial charge in [-0.25, -0.2) is 9.97 Å². The minimum Gasteiger partial charge on any atom is -0.470 e. The van der Waals surface area contributed by atoms with Gasteiger partial charge in [-0.2, -0.15) is 0 Å². The number of hydrogen-bond acceptors (Lipinski definition) is 7. The van der Waals surface area contributed by atoms with Gasteiger partial charge in [-0.15, -0.1) is 0 Å². The summed E-state index contributed by atoms with van der Waals surface area (Å²) in [6.07, 6.45) is 5.68. The minimum absolute atomic E-state index is 0.138. The molecule has 0 bridgehead atoms. The first-order valence-corrected chi connectivity index (χ1v) is 9.61. The second kappa shape index (κ2) is 8.90. The van der Waals surface area contributed by atoms with Crippen LogP contribution in [0, 0.1) is 5.92 Å². The standard InChI is InChI=1S/C20H24N6O2/c27-20-15-6-10-23-16(12-22-11-14-4-8-21-9-5-14)19(15)25-17(26-20)13-28-18-3-1-2-7-24-18/h1-3,6-7,10,14,21-22H,4-5,8-9,11-13H2,(H,25,26,27). The monoisotopic (exact) mass is 380 g/mol. The van der Waals surface area contributed by atoms with E-state index in [1.807, 2.05) is 12.1 Å². The molecule has 28 heavy (non-hydrogen) atoms. The van der Waals surface area contributed by atoms with Crippen molar-refractivity contribution in [3.8, 4) is 5.88 Å². The van der Waals surface area contributed by atoms with Gasteiger partial charge in [0.2, 0.25) is 5.88 Å². The lowest BCUT2D eigenvalue weighted by molar-refractivity contribution is 0.284. The van der Waals surface area contributed by atoms with E-state index in [2.05, 4.69) is 30.6 Å². The highest BCUT2D eigenvalue weighted by atomic mass is 16.5. The van der Waals surface area contributed by atoms with Gasteiger partial charge in [0.25, 0.3) is 5.56 Å². The third-order valence-electron chi connectivity index (χ3n) is 4.93. The Kier molecular flexibility index (Phi) is 5.89. The Labute approximate surface area is 162 Å². The number of hydrogen-bond donors (Lipinski definition) is 3. The lowest BCUT2D eigenvalue weighted by Gasteiger charge is -2.22. The fraction of sp³-hybridized carbons (Fsp3) is 0.400. The molecule has 1 saturated heterocycles. The molecule has 3 aromatic heterocycles. The van der Waals surface area contributed by atoms with Crippen LogP contribution in [0.2, 0.25) is 0 Å². The van der Waals surface area contributed by atoms with Crippen molar-refractivity contribution in [2.24, 2.45) is 5.92 Å². The van der Waals surface area contributed by atoms with Gasteiger partial charge in [-0.3, -0.25) is 9.78 Å². The van der Waals surface area contributed by atoms with E-state index in [0.717, 1.165) is 25.3 Å². The molecule has 1 fully saturated rings. The molecule has 0 unspecified atom stereocenters. The van der Waals surface area contributed by atoms with E-state index >= 15 is 0 Å². The maximum Gasteiger partial charge on any atom is 0.258 e. The largest absolute Gasteiger partial charge is 0.470 e. The van der Waals surface area contributed by atoms with Crippen molar-refractivity contribution in [2.75, 3.05) is 19.6 Å². The molecule has 0 aromatic carbocycles. The normalized spacial score (nSPS) is 15.0. The van der Waals surface area contributed by atoms with E-state index in [1.54, 1.807) is 24.5 Å².